The van der Waals surface area contributed by atoms with E-state index in [1.807, 2.05) is 29.6 Å². The number of hydrogen-bond donors (Lipinski definition) is 2. The molecule has 5 nitrogen and oxygen atoms in total. The molecule has 1 atom stereocenters. The van der Waals surface area contributed by atoms with Gasteiger partial charge in [-0.25, -0.2) is 4.79 Å². The molecule has 0 aliphatic carbocycles. The molecule has 0 bridgehead atoms. The van der Waals surface area contributed by atoms with Gasteiger partial charge in [0.2, 0.25) is 0 Å². The zero-order valence-electron chi connectivity index (χ0n) is 14.8. The van der Waals surface area contributed by atoms with Crippen LogP contribution >= 0.6 is 22.7 Å². The number of benzene rings is 1. The average Bonchev–Trinajstić information content (AvgIpc) is 3.31. The van der Waals surface area contributed by atoms with Crippen molar-refractivity contribution < 1.29 is 14.8 Å². The molecule has 0 unspecified atom stereocenters. The van der Waals surface area contributed by atoms with Gasteiger partial charge in [0, 0.05) is 5.56 Å². The Morgan fingerprint density at radius 2 is 2.07 bits per heavy atom. The van der Waals surface area contributed by atoms with Crippen molar-refractivity contribution in [2.24, 2.45) is 0 Å². The van der Waals surface area contributed by atoms with Gasteiger partial charge < -0.3 is 15.8 Å². The second-order valence-electron chi connectivity index (χ2n) is 5.82. The van der Waals surface area contributed by atoms with Gasteiger partial charge in [0.1, 0.15) is 28.5 Å². The van der Waals surface area contributed by atoms with E-state index in [0.29, 0.717) is 27.5 Å². The third-order valence-corrected chi connectivity index (χ3v) is 6.17. The predicted octanol–water partition coefficient (Wildman–Crippen LogP) is 3.29. The summed E-state index contributed by atoms with van der Waals surface area (Å²) in [5.41, 5.74) is 8.16. The number of anilines is 1. The van der Waals surface area contributed by atoms with Crippen LogP contribution in [0.2, 0.25) is 0 Å². The molecule has 0 saturated carbocycles. The Hall–Kier alpha value is -2.66. The number of nitrogen functional groups attached to an aromatic ring is 1. The zero-order chi connectivity index (χ0) is 19.2. The van der Waals surface area contributed by atoms with E-state index in [0.717, 1.165) is 11.3 Å². The number of rotatable bonds is 7. The first kappa shape index (κ1) is 19.1. The highest BCUT2D eigenvalue weighted by molar-refractivity contribution is 7.18. The number of nitrogens with two attached hydrogens (primary N) is 2. The number of carbonyl (C=O) groups is 1. The molecule has 3 rings (SSSR count). The van der Waals surface area contributed by atoms with E-state index in [9.17, 15) is 10.1 Å². The SMILES string of the molecule is CCOC(=O)c1sc(N)c(C#N)c1C[NH2+][C@H](c1ccccc1)c1cccs1. The van der Waals surface area contributed by atoms with Crippen LogP contribution in [0.1, 0.15) is 44.2 Å². The van der Waals surface area contributed by atoms with E-state index in [1.165, 1.54) is 10.4 Å². The lowest BCUT2D eigenvalue weighted by atomic mass is 10.0. The molecule has 0 spiro atoms. The third kappa shape index (κ3) is 4.19. The van der Waals surface area contributed by atoms with Gasteiger partial charge in [0.25, 0.3) is 0 Å². The Balaban J connectivity index is 1.92. The molecule has 27 heavy (non-hydrogen) atoms. The van der Waals surface area contributed by atoms with Crippen LogP contribution in [0.5, 0.6) is 0 Å². The Morgan fingerprint density at radius 1 is 1.30 bits per heavy atom. The van der Waals surface area contributed by atoms with Crippen LogP contribution in [-0.2, 0) is 11.3 Å². The van der Waals surface area contributed by atoms with Crippen molar-refractivity contribution in [2.75, 3.05) is 12.3 Å². The normalized spacial score (nSPS) is 11.7. The molecule has 0 saturated heterocycles. The highest BCUT2D eigenvalue weighted by Crippen LogP contribution is 2.31. The molecule has 1 aromatic carbocycles. The molecule has 2 heterocycles. The lowest BCUT2D eigenvalue weighted by Crippen LogP contribution is -2.84. The van der Waals surface area contributed by atoms with Crippen LogP contribution in [0.3, 0.4) is 0 Å². The molecule has 3 aromatic rings. The van der Waals surface area contributed by atoms with E-state index >= 15 is 0 Å². The summed E-state index contributed by atoms with van der Waals surface area (Å²) in [4.78, 5) is 13.9. The maximum atomic E-state index is 12.3. The van der Waals surface area contributed by atoms with Crippen molar-refractivity contribution in [2.45, 2.75) is 19.5 Å². The Bertz CT molecular complexity index is 944. The molecular weight excluding hydrogens is 378 g/mol. The second kappa shape index (κ2) is 8.82. The standard InChI is InChI=1S/C20H19N3O2S2/c1-2-25-20(24)18-15(14(11-21)19(22)27-18)12-23-17(16-9-6-10-26-16)13-7-4-3-5-8-13/h3-10,17,23H,2,12,22H2,1H3/p+1/t17-/m1/s1. The minimum Gasteiger partial charge on any atom is -0.462 e. The van der Waals surface area contributed by atoms with E-state index in [-0.39, 0.29) is 12.6 Å². The van der Waals surface area contributed by atoms with Crippen LogP contribution in [0.4, 0.5) is 5.00 Å². The van der Waals surface area contributed by atoms with Crippen molar-refractivity contribution >= 4 is 33.6 Å². The number of esters is 1. The number of nitriles is 1. The summed E-state index contributed by atoms with van der Waals surface area (Å²) >= 11 is 2.81. The van der Waals surface area contributed by atoms with Crippen LogP contribution in [0.25, 0.3) is 0 Å². The van der Waals surface area contributed by atoms with Gasteiger partial charge >= 0.3 is 5.97 Å². The Kier molecular flexibility index (Phi) is 6.24. The first-order chi connectivity index (χ1) is 13.2. The number of thiophene rings is 2. The average molecular weight is 399 g/mol. The van der Waals surface area contributed by atoms with Gasteiger partial charge in [-0.1, -0.05) is 36.4 Å². The van der Waals surface area contributed by atoms with E-state index in [2.05, 4.69) is 29.6 Å². The first-order valence-electron chi connectivity index (χ1n) is 8.55. The molecule has 4 N–H and O–H groups in total. The fourth-order valence-electron chi connectivity index (χ4n) is 2.94. The summed E-state index contributed by atoms with van der Waals surface area (Å²) in [6.07, 6.45) is 0. The fourth-order valence-corrected chi connectivity index (χ4v) is 4.74. The summed E-state index contributed by atoms with van der Waals surface area (Å²) in [6.45, 7) is 2.50. The van der Waals surface area contributed by atoms with E-state index < -0.39 is 5.97 Å². The summed E-state index contributed by atoms with van der Waals surface area (Å²) in [5, 5.41) is 14.0. The second-order valence-corrected chi connectivity index (χ2v) is 7.86. The minimum atomic E-state index is -0.425. The molecule has 2 aromatic heterocycles. The molecule has 0 amide bonds. The van der Waals surface area contributed by atoms with Gasteiger partial charge in [-0.2, -0.15) is 5.26 Å². The number of ether oxygens (including phenoxy) is 1. The first-order valence-corrected chi connectivity index (χ1v) is 10.2. The maximum absolute atomic E-state index is 12.3. The Morgan fingerprint density at radius 3 is 2.70 bits per heavy atom. The molecule has 0 radical (unpaired) electrons. The molecule has 138 valence electrons. The van der Waals surface area contributed by atoms with Crippen LogP contribution < -0.4 is 11.1 Å². The Labute approximate surface area is 166 Å². The van der Waals surface area contributed by atoms with Crippen molar-refractivity contribution in [1.82, 2.24) is 0 Å². The lowest BCUT2D eigenvalue weighted by Gasteiger charge is -2.15. The van der Waals surface area contributed by atoms with Crippen LogP contribution in [0.15, 0.2) is 47.8 Å². The quantitative estimate of drug-likeness (QED) is 0.597. The van der Waals surface area contributed by atoms with Gasteiger partial charge in [-0.15, -0.1) is 22.7 Å². The van der Waals surface area contributed by atoms with E-state index in [1.54, 1.807) is 18.3 Å². The molecule has 0 aliphatic rings. The summed E-state index contributed by atoms with van der Waals surface area (Å²) in [6, 6.07) is 16.5. The fraction of sp³-hybridized carbons (Fsp3) is 0.200. The van der Waals surface area contributed by atoms with Crippen molar-refractivity contribution in [3.05, 3.63) is 74.3 Å². The summed E-state index contributed by atoms with van der Waals surface area (Å²) < 4.78 is 5.14. The highest BCUT2D eigenvalue weighted by Gasteiger charge is 2.26. The summed E-state index contributed by atoms with van der Waals surface area (Å²) in [7, 11) is 0. The predicted molar refractivity (Wildman–Crippen MR) is 108 cm³/mol. The van der Waals surface area contributed by atoms with Crippen LogP contribution in [0, 0.1) is 11.3 Å². The van der Waals surface area contributed by atoms with Gasteiger partial charge in [-0.3, -0.25) is 0 Å². The van der Waals surface area contributed by atoms with Gasteiger partial charge in [0.05, 0.1) is 22.6 Å². The highest BCUT2D eigenvalue weighted by atomic mass is 32.1. The van der Waals surface area contributed by atoms with Crippen molar-refractivity contribution in [3.8, 4) is 6.07 Å². The maximum Gasteiger partial charge on any atom is 0.348 e. The zero-order valence-corrected chi connectivity index (χ0v) is 16.5. The molecule has 0 aliphatic heterocycles. The molecule has 7 heteroatoms. The number of carbonyl (C=O) groups excluding carboxylic acids is 1. The summed E-state index contributed by atoms with van der Waals surface area (Å²) in [5.74, 6) is -0.425. The third-order valence-electron chi connectivity index (χ3n) is 4.17. The van der Waals surface area contributed by atoms with Crippen molar-refractivity contribution in [3.63, 3.8) is 0 Å². The topological polar surface area (TPSA) is 92.7 Å². The lowest BCUT2D eigenvalue weighted by molar-refractivity contribution is -0.701. The molecular formula is C20H20N3O2S2+. The number of quaternary nitrogens is 1. The van der Waals surface area contributed by atoms with E-state index in [4.69, 9.17) is 10.5 Å². The number of hydrogen-bond acceptors (Lipinski definition) is 6. The molecule has 0 fully saturated rings. The van der Waals surface area contributed by atoms with Crippen molar-refractivity contribution in [1.29, 1.82) is 5.26 Å². The monoisotopic (exact) mass is 398 g/mol. The minimum absolute atomic E-state index is 0.0777. The van der Waals surface area contributed by atoms with Crippen LogP contribution in [-0.4, -0.2) is 12.6 Å². The largest absolute Gasteiger partial charge is 0.462 e. The van der Waals surface area contributed by atoms with Gasteiger partial charge in [0.15, 0.2) is 0 Å². The van der Waals surface area contributed by atoms with Gasteiger partial charge in [-0.05, 0) is 18.4 Å². The smallest absolute Gasteiger partial charge is 0.348 e. The number of nitrogens with zero attached hydrogens (tertiary/aromatic N) is 1.